The summed E-state index contributed by atoms with van der Waals surface area (Å²) < 4.78 is 4.04. The van der Waals surface area contributed by atoms with Crippen LogP contribution < -0.4 is 0 Å². The number of nitrogens with one attached hydrogen (secondary N) is 1. The van der Waals surface area contributed by atoms with Gasteiger partial charge in [-0.2, -0.15) is 0 Å². The molecule has 5 rings (SSSR count). The average molecular weight is 299 g/mol. The Labute approximate surface area is 131 Å². The first-order valence-corrected chi connectivity index (χ1v) is 7.42. The highest BCUT2D eigenvalue weighted by atomic mass is 15.1. The zero-order valence-electron chi connectivity index (χ0n) is 12.2. The molecule has 110 valence electrons. The topological polar surface area (TPSA) is 51.4 Å². The van der Waals surface area contributed by atoms with Crippen LogP contribution in [0.2, 0.25) is 0 Å². The lowest BCUT2D eigenvalue weighted by molar-refractivity contribution is 1.06. The molecule has 0 fully saturated rings. The highest BCUT2D eigenvalue weighted by Gasteiger charge is 2.12. The van der Waals surface area contributed by atoms with E-state index in [0.29, 0.717) is 0 Å². The first-order valence-electron chi connectivity index (χ1n) is 7.42. The van der Waals surface area contributed by atoms with E-state index in [1.54, 1.807) is 12.4 Å². The van der Waals surface area contributed by atoms with Crippen LogP contribution in [0.4, 0.5) is 0 Å². The smallest absolute Gasteiger partial charge is 0.0992 e. The Morgan fingerprint density at radius 2 is 1.22 bits per heavy atom. The molecular formula is C18H13N5. The minimum atomic E-state index is 1.09. The number of fused-ring (bicyclic) bond motifs is 3. The van der Waals surface area contributed by atoms with Gasteiger partial charge in [-0.25, -0.2) is 9.97 Å². The number of hydrogen-bond acceptors (Lipinski definition) is 2. The molecule has 0 aliphatic heterocycles. The molecule has 2 aromatic carbocycles. The molecule has 5 nitrogen and oxygen atoms in total. The summed E-state index contributed by atoms with van der Waals surface area (Å²) in [6.07, 6.45) is 11.1. The van der Waals surface area contributed by atoms with Crippen molar-refractivity contribution in [3.05, 3.63) is 73.8 Å². The van der Waals surface area contributed by atoms with E-state index >= 15 is 0 Å². The van der Waals surface area contributed by atoms with E-state index in [9.17, 15) is 0 Å². The van der Waals surface area contributed by atoms with Crippen molar-refractivity contribution in [3.8, 4) is 11.4 Å². The second kappa shape index (κ2) is 4.58. The van der Waals surface area contributed by atoms with Crippen LogP contribution >= 0.6 is 0 Å². The predicted molar refractivity (Wildman–Crippen MR) is 90.0 cm³/mol. The lowest BCUT2D eigenvalue weighted by Gasteiger charge is -2.03. The SMILES string of the molecule is c1cc(-n2ccnc2)c2[nH]c3c(-n4ccnc4)cccc3c2c1. The fourth-order valence-corrected chi connectivity index (χ4v) is 3.15. The molecule has 0 amide bonds. The van der Waals surface area contributed by atoms with Crippen molar-refractivity contribution in [3.63, 3.8) is 0 Å². The van der Waals surface area contributed by atoms with Crippen LogP contribution in [0.1, 0.15) is 0 Å². The van der Waals surface area contributed by atoms with Gasteiger partial charge in [0.25, 0.3) is 0 Å². The summed E-state index contributed by atoms with van der Waals surface area (Å²) in [6, 6.07) is 12.6. The molecule has 0 unspecified atom stereocenters. The van der Waals surface area contributed by atoms with E-state index in [1.165, 1.54) is 10.8 Å². The van der Waals surface area contributed by atoms with Gasteiger partial charge in [0.15, 0.2) is 0 Å². The molecule has 5 aromatic rings. The summed E-state index contributed by atoms with van der Waals surface area (Å²) in [5, 5.41) is 2.40. The Morgan fingerprint density at radius 3 is 1.65 bits per heavy atom. The van der Waals surface area contributed by atoms with Crippen LogP contribution in [-0.4, -0.2) is 24.1 Å². The monoisotopic (exact) mass is 299 g/mol. The number of rotatable bonds is 2. The molecule has 0 spiro atoms. The van der Waals surface area contributed by atoms with Crippen LogP contribution in [0.3, 0.4) is 0 Å². The fourth-order valence-electron chi connectivity index (χ4n) is 3.15. The van der Waals surface area contributed by atoms with E-state index in [-0.39, 0.29) is 0 Å². The average Bonchev–Trinajstić information content (AvgIpc) is 3.33. The lowest BCUT2D eigenvalue weighted by Crippen LogP contribution is -1.92. The van der Waals surface area contributed by atoms with Gasteiger partial charge in [0.1, 0.15) is 0 Å². The van der Waals surface area contributed by atoms with Crippen LogP contribution in [0.5, 0.6) is 0 Å². The van der Waals surface area contributed by atoms with Gasteiger partial charge in [-0.1, -0.05) is 24.3 Å². The van der Waals surface area contributed by atoms with Crippen molar-refractivity contribution in [2.45, 2.75) is 0 Å². The third-order valence-electron chi connectivity index (χ3n) is 4.19. The number of para-hydroxylation sites is 2. The number of H-pyrrole nitrogens is 1. The summed E-state index contributed by atoms with van der Waals surface area (Å²) in [5.41, 5.74) is 4.39. The van der Waals surface area contributed by atoms with Gasteiger partial charge in [0.05, 0.1) is 35.1 Å². The number of benzene rings is 2. The molecule has 5 heteroatoms. The molecule has 0 bridgehead atoms. The van der Waals surface area contributed by atoms with Crippen molar-refractivity contribution >= 4 is 21.8 Å². The van der Waals surface area contributed by atoms with Crippen LogP contribution in [0.25, 0.3) is 33.2 Å². The Balaban J connectivity index is 1.89. The zero-order valence-corrected chi connectivity index (χ0v) is 12.2. The van der Waals surface area contributed by atoms with Gasteiger partial charge in [-0.3, -0.25) is 0 Å². The van der Waals surface area contributed by atoms with Gasteiger partial charge in [0, 0.05) is 35.6 Å². The summed E-state index contributed by atoms with van der Waals surface area (Å²) in [4.78, 5) is 11.9. The molecule has 0 saturated heterocycles. The predicted octanol–water partition coefficient (Wildman–Crippen LogP) is 3.69. The first kappa shape index (κ1) is 12.2. The minimum absolute atomic E-state index is 1.09. The highest BCUT2D eigenvalue weighted by Crippen LogP contribution is 2.32. The molecule has 0 radical (unpaired) electrons. The van der Waals surface area contributed by atoms with E-state index in [2.05, 4.69) is 51.4 Å². The molecule has 0 atom stereocenters. The maximum Gasteiger partial charge on any atom is 0.0992 e. The Bertz CT molecular complexity index is 1010. The number of aromatic amines is 1. The van der Waals surface area contributed by atoms with Crippen molar-refractivity contribution in [1.82, 2.24) is 24.1 Å². The van der Waals surface area contributed by atoms with Crippen molar-refractivity contribution < 1.29 is 0 Å². The zero-order chi connectivity index (χ0) is 15.2. The number of nitrogens with zero attached hydrogens (tertiary/aromatic N) is 4. The molecule has 0 aliphatic carbocycles. The van der Waals surface area contributed by atoms with Crippen LogP contribution in [0.15, 0.2) is 73.8 Å². The van der Waals surface area contributed by atoms with Crippen LogP contribution in [-0.2, 0) is 0 Å². The number of imidazole rings is 2. The molecule has 0 aliphatic rings. The summed E-state index contributed by atoms with van der Waals surface area (Å²) in [6.45, 7) is 0. The van der Waals surface area contributed by atoms with Gasteiger partial charge in [-0.05, 0) is 12.1 Å². The van der Waals surface area contributed by atoms with Crippen molar-refractivity contribution in [2.75, 3.05) is 0 Å². The Morgan fingerprint density at radius 1 is 0.696 bits per heavy atom. The van der Waals surface area contributed by atoms with Crippen LogP contribution in [0, 0.1) is 0 Å². The maximum absolute atomic E-state index is 4.15. The molecular weight excluding hydrogens is 286 g/mol. The van der Waals surface area contributed by atoms with E-state index in [4.69, 9.17) is 0 Å². The lowest BCUT2D eigenvalue weighted by atomic mass is 10.1. The quantitative estimate of drug-likeness (QED) is 0.540. The third kappa shape index (κ3) is 1.73. The van der Waals surface area contributed by atoms with Crippen molar-refractivity contribution in [2.24, 2.45) is 0 Å². The van der Waals surface area contributed by atoms with E-state index in [1.807, 2.05) is 34.2 Å². The van der Waals surface area contributed by atoms with E-state index < -0.39 is 0 Å². The van der Waals surface area contributed by atoms with Gasteiger partial charge >= 0.3 is 0 Å². The van der Waals surface area contributed by atoms with Gasteiger partial charge in [-0.15, -0.1) is 0 Å². The third-order valence-corrected chi connectivity index (χ3v) is 4.19. The van der Waals surface area contributed by atoms with Gasteiger partial charge < -0.3 is 14.1 Å². The second-order valence-corrected chi connectivity index (χ2v) is 5.46. The largest absolute Gasteiger partial charge is 0.351 e. The number of aromatic nitrogens is 5. The van der Waals surface area contributed by atoms with Crippen molar-refractivity contribution in [1.29, 1.82) is 0 Å². The van der Waals surface area contributed by atoms with E-state index in [0.717, 1.165) is 22.4 Å². The minimum Gasteiger partial charge on any atom is -0.351 e. The normalized spacial score (nSPS) is 11.5. The van der Waals surface area contributed by atoms with Gasteiger partial charge in [0.2, 0.25) is 0 Å². The summed E-state index contributed by atoms with van der Waals surface area (Å²) >= 11 is 0. The Kier molecular flexibility index (Phi) is 2.43. The number of hydrogen-bond donors (Lipinski definition) is 1. The fraction of sp³-hybridized carbons (Fsp3) is 0. The summed E-state index contributed by atoms with van der Waals surface area (Å²) in [5.74, 6) is 0. The molecule has 23 heavy (non-hydrogen) atoms. The Hall–Kier alpha value is -3.34. The second-order valence-electron chi connectivity index (χ2n) is 5.46. The molecule has 1 N–H and O–H groups in total. The molecule has 3 aromatic heterocycles. The standard InChI is InChI=1S/C18H13N5/c1-3-13-14-4-2-6-16(23-10-8-20-12-23)18(14)21-17(13)15(5-1)22-9-7-19-11-22/h1-12,21H. The summed E-state index contributed by atoms with van der Waals surface area (Å²) in [7, 11) is 0. The first-order chi connectivity index (χ1) is 11.4. The maximum atomic E-state index is 4.15. The molecule has 0 saturated carbocycles. The highest BCUT2D eigenvalue weighted by molar-refractivity contribution is 6.12. The molecule has 3 heterocycles.